The highest BCUT2D eigenvalue weighted by molar-refractivity contribution is 7.87. The van der Waals surface area contributed by atoms with Gasteiger partial charge >= 0.3 is 16.4 Å². The van der Waals surface area contributed by atoms with Crippen LogP contribution < -0.4 is 0 Å². The number of alkyl halides is 3. The van der Waals surface area contributed by atoms with Gasteiger partial charge in [-0.15, -0.1) is 3.89 Å². The minimum Gasteiger partial charge on any atom is -0.196 e. The molecule has 3 nitrogen and oxygen atoms in total. The Morgan fingerprint density at radius 3 is 1.73 bits per heavy atom. The van der Waals surface area contributed by atoms with Crippen molar-refractivity contribution in [3.8, 4) is 6.07 Å². The number of hydrogen-bond acceptors (Lipinski definition) is 3. The van der Waals surface area contributed by atoms with Gasteiger partial charge in [-0.3, -0.25) is 0 Å². The van der Waals surface area contributed by atoms with Gasteiger partial charge in [-0.25, -0.2) is 0 Å². The third kappa shape index (κ3) is 2.71. The van der Waals surface area contributed by atoms with Crippen LogP contribution in [-0.4, -0.2) is 19.8 Å². The minimum absolute atomic E-state index is 0.294. The molecule has 0 aliphatic heterocycles. The minimum atomic E-state index is -5.86. The van der Waals surface area contributed by atoms with Gasteiger partial charge in [-0.1, -0.05) is 0 Å². The van der Waals surface area contributed by atoms with E-state index in [2.05, 4.69) is 0 Å². The van der Waals surface area contributed by atoms with E-state index in [-0.39, 0.29) is 0 Å². The molecule has 0 aromatic heterocycles. The number of nitriles is 1. The highest BCUT2D eigenvalue weighted by atomic mass is 32.3. The van der Waals surface area contributed by atoms with Crippen LogP contribution in [0.15, 0.2) is 0 Å². The molecule has 1 unspecified atom stereocenters. The van der Waals surface area contributed by atoms with Crippen LogP contribution in [0.5, 0.6) is 0 Å². The van der Waals surface area contributed by atoms with Crippen molar-refractivity contribution in [2.75, 3.05) is 0 Å². The maximum Gasteiger partial charge on any atom is 0.421 e. The third-order valence-electron chi connectivity index (χ3n) is 0.696. The molecule has 0 amide bonds. The summed E-state index contributed by atoms with van der Waals surface area (Å²) in [6.45, 7) is 0. The van der Waals surface area contributed by atoms with Crippen LogP contribution in [0.1, 0.15) is 0 Å². The predicted molar refractivity (Wildman–Crippen MR) is 25.5 cm³/mol. The van der Waals surface area contributed by atoms with Crippen molar-refractivity contribution in [3.63, 3.8) is 0 Å². The zero-order valence-corrected chi connectivity index (χ0v) is 5.58. The first-order chi connectivity index (χ1) is 4.69. The average Bonchev–Trinajstić information content (AvgIpc) is 1.56. The van der Waals surface area contributed by atoms with Crippen LogP contribution >= 0.6 is 0 Å². The summed E-state index contributed by atoms with van der Waals surface area (Å²) < 4.78 is 64.9. The van der Waals surface area contributed by atoms with E-state index in [9.17, 15) is 25.5 Å². The normalized spacial score (nSPS) is 15.5. The molecule has 11 heavy (non-hydrogen) atoms. The van der Waals surface area contributed by atoms with E-state index >= 15 is 0 Å². The molecule has 0 spiro atoms. The summed E-state index contributed by atoms with van der Waals surface area (Å²) in [5.41, 5.74) is 0. The summed E-state index contributed by atoms with van der Waals surface area (Å²) in [5, 5.41) is 4.03. The number of rotatable bonds is 1. The van der Waals surface area contributed by atoms with Crippen molar-refractivity contribution >= 4 is 10.2 Å². The molecule has 0 aliphatic rings. The lowest BCUT2D eigenvalue weighted by Crippen LogP contribution is -2.32. The molecule has 0 heterocycles. The fourth-order valence-electron chi connectivity index (χ4n) is 0.296. The topological polar surface area (TPSA) is 57.9 Å². The van der Waals surface area contributed by atoms with E-state index in [1.807, 2.05) is 0 Å². The van der Waals surface area contributed by atoms with Crippen LogP contribution in [0.4, 0.5) is 17.1 Å². The fraction of sp³-hybridized carbons (Fsp3) is 0.667. The maximum absolute atomic E-state index is 11.6. The smallest absolute Gasteiger partial charge is 0.196 e. The van der Waals surface area contributed by atoms with Gasteiger partial charge in [0, 0.05) is 0 Å². The zero-order valence-electron chi connectivity index (χ0n) is 4.76. The molecule has 8 heteroatoms. The molecule has 0 bridgehead atoms. The SMILES string of the molecule is N#CC(C(F)(F)F)S(=O)(=O)F. The van der Waals surface area contributed by atoms with Gasteiger partial charge in [0.1, 0.15) is 0 Å². The Morgan fingerprint density at radius 1 is 1.36 bits per heavy atom. The summed E-state index contributed by atoms with van der Waals surface area (Å²) in [5.74, 6) is 0. The Bertz CT molecular complexity index is 273. The van der Waals surface area contributed by atoms with Gasteiger partial charge in [-0.05, 0) is 0 Å². The monoisotopic (exact) mass is 191 g/mol. The van der Waals surface area contributed by atoms with Crippen LogP contribution in [0.3, 0.4) is 0 Å². The highest BCUT2D eigenvalue weighted by Gasteiger charge is 2.49. The maximum atomic E-state index is 11.6. The lowest BCUT2D eigenvalue weighted by Gasteiger charge is -2.07. The fourth-order valence-corrected chi connectivity index (χ4v) is 0.741. The molecular weight excluding hydrogens is 190 g/mol. The Kier molecular flexibility index (Phi) is 2.45. The van der Waals surface area contributed by atoms with Gasteiger partial charge in [0.25, 0.3) is 5.25 Å². The molecule has 0 saturated heterocycles. The lowest BCUT2D eigenvalue weighted by molar-refractivity contribution is -0.120. The summed E-state index contributed by atoms with van der Waals surface area (Å²) in [6.07, 6.45) is -5.37. The van der Waals surface area contributed by atoms with Crippen molar-refractivity contribution < 1.29 is 25.5 Å². The highest BCUT2D eigenvalue weighted by Crippen LogP contribution is 2.26. The van der Waals surface area contributed by atoms with Gasteiger partial charge in [-0.2, -0.15) is 26.9 Å². The Hall–Kier alpha value is -0.840. The van der Waals surface area contributed by atoms with Crippen LogP contribution in [0.25, 0.3) is 0 Å². The number of nitrogens with zero attached hydrogens (tertiary/aromatic N) is 1. The first-order valence-corrected chi connectivity index (χ1v) is 3.54. The van der Waals surface area contributed by atoms with E-state index in [1.165, 1.54) is 0 Å². The quantitative estimate of drug-likeness (QED) is 0.453. The average molecular weight is 191 g/mol. The Balaban J connectivity index is 4.92. The third-order valence-corrected chi connectivity index (χ3v) is 1.63. The largest absolute Gasteiger partial charge is 0.421 e. The number of hydrogen-bond donors (Lipinski definition) is 0. The molecule has 0 fully saturated rings. The molecule has 0 aromatic rings. The number of halogens is 4. The van der Waals surface area contributed by atoms with Crippen molar-refractivity contribution in [3.05, 3.63) is 0 Å². The van der Waals surface area contributed by atoms with E-state index in [0.717, 1.165) is 0 Å². The van der Waals surface area contributed by atoms with Gasteiger partial charge < -0.3 is 0 Å². The van der Waals surface area contributed by atoms with E-state index in [4.69, 9.17) is 5.26 Å². The molecule has 0 radical (unpaired) electrons. The molecular formula is C3HF4NO2S. The van der Waals surface area contributed by atoms with Crippen LogP contribution in [0.2, 0.25) is 0 Å². The standard InChI is InChI=1S/C3HF4NO2S/c4-3(5,6)2(1-8)11(7,9)10/h2H. The molecule has 0 N–H and O–H groups in total. The molecule has 0 aliphatic carbocycles. The molecule has 1 atom stereocenters. The Labute approximate surface area is 59.4 Å². The van der Waals surface area contributed by atoms with E-state index in [1.54, 1.807) is 0 Å². The zero-order chi connectivity index (χ0) is 9.28. The van der Waals surface area contributed by atoms with Crippen molar-refractivity contribution in [2.45, 2.75) is 11.4 Å². The Morgan fingerprint density at radius 2 is 1.73 bits per heavy atom. The second kappa shape index (κ2) is 2.65. The van der Waals surface area contributed by atoms with E-state index < -0.39 is 21.6 Å². The molecule has 0 rings (SSSR count). The predicted octanol–water partition coefficient (Wildman–Crippen LogP) is 0.740. The summed E-state index contributed by atoms with van der Waals surface area (Å²) >= 11 is 0. The van der Waals surface area contributed by atoms with Crippen LogP contribution in [0, 0.1) is 11.3 Å². The van der Waals surface area contributed by atoms with Gasteiger partial charge in [0.05, 0.1) is 6.07 Å². The van der Waals surface area contributed by atoms with E-state index in [0.29, 0.717) is 6.07 Å². The molecule has 0 aromatic carbocycles. The summed E-state index contributed by atoms with van der Waals surface area (Å²) in [4.78, 5) is 0. The molecule has 0 saturated carbocycles. The summed E-state index contributed by atoms with van der Waals surface area (Å²) in [7, 11) is -5.86. The first kappa shape index (κ1) is 10.2. The summed E-state index contributed by atoms with van der Waals surface area (Å²) in [6, 6.07) is 0.294. The molecule has 64 valence electrons. The van der Waals surface area contributed by atoms with Crippen molar-refractivity contribution in [1.29, 1.82) is 5.26 Å². The van der Waals surface area contributed by atoms with Crippen LogP contribution in [-0.2, 0) is 10.2 Å². The van der Waals surface area contributed by atoms with Crippen molar-refractivity contribution in [1.82, 2.24) is 0 Å². The second-order valence-corrected chi connectivity index (χ2v) is 2.95. The lowest BCUT2D eigenvalue weighted by atomic mass is 10.5. The van der Waals surface area contributed by atoms with Crippen molar-refractivity contribution in [2.24, 2.45) is 0 Å². The second-order valence-electron chi connectivity index (χ2n) is 1.53. The first-order valence-electron chi connectivity index (χ1n) is 2.09. The van der Waals surface area contributed by atoms with Gasteiger partial charge in [0.15, 0.2) is 0 Å². The van der Waals surface area contributed by atoms with Gasteiger partial charge in [0.2, 0.25) is 0 Å².